The summed E-state index contributed by atoms with van der Waals surface area (Å²) in [5, 5.41) is 17.6. The zero-order valence-electron chi connectivity index (χ0n) is 14.7. The van der Waals surface area contributed by atoms with Crippen molar-refractivity contribution in [1.29, 1.82) is 0 Å². The highest BCUT2D eigenvalue weighted by atomic mass is 19.1. The van der Waals surface area contributed by atoms with E-state index in [2.05, 4.69) is 37.3 Å². The van der Waals surface area contributed by atoms with Crippen molar-refractivity contribution in [2.75, 3.05) is 13.2 Å². The number of nitrogens with one attached hydrogen (secondary N) is 1. The van der Waals surface area contributed by atoms with Gasteiger partial charge in [0.1, 0.15) is 11.5 Å². The molecule has 0 atom stereocenters. The minimum Gasteiger partial charge on any atom is -0.394 e. The largest absolute Gasteiger partial charge is 0.394 e. The van der Waals surface area contributed by atoms with Gasteiger partial charge in [-0.05, 0) is 12.1 Å². The van der Waals surface area contributed by atoms with Gasteiger partial charge in [0.05, 0.1) is 37.2 Å². The van der Waals surface area contributed by atoms with Crippen LogP contribution in [0.25, 0.3) is 27.9 Å². The van der Waals surface area contributed by atoms with Gasteiger partial charge < -0.3 is 5.11 Å². The van der Waals surface area contributed by atoms with Gasteiger partial charge in [-0.2, -0.15) is 0 Å². The van der Waals surface area contributed by atoms with Crippen LogP contribution >= 0.6 is 0 Å². The van der Waals surface area contributed by atoms with Crippen LogP contribution < -0.4 is 5.48 Å². The SMILES string of the molecule is C=C(NOCCO)c1cnc2nnn(Cc3cc4cccnc4cc3F)c2n1. The number of fused-ring (bicyclic) bond motifs is 2. The summed E-state index contributed by atoms with van der Waals surface area (Å²) in [6.07, 6.45) is 3.09. The van der Waals surface area contributed by atoms with Crippen molar-refractivity contribution >= 4 is 27.9 Å². The van der Waals surface area contributed by atoms with Crippen molar-refractivity contribution in [3.63, 3.8) is 0 Å². The summed E-state index contributed by atoms with van der Waals surface area (Å²) in [4.78, 5) is 17.8. The molecule has 10 heteroatoms. The number of hydroxylamine groups is 1. The second-order valence-electron chi connectivity index (χ2n) is 5.94. The van der Waals surface area contributed by atoms with Crippen molar-refractivity contribution in [3.8, 4) is 0 Å². The number of aromatic nitrogens is 6. The number of hydrogen-bond donors (Lipinski definition) is 2. The molecule has 2 N–H and O–H groups in total. The van der Waals surface area contributed by atoms with Crippen molar-refractivity contribution in [1.82, 2.24) is 35.4 Å². The fourth-order valence-electron chi connectivity index (χ4n) is 2.67. The van der Waals surface area contributed by atoms with E-state index in [-0.39, 0.29) is 25.6 Å². The fourth-order valence-corrected chi connectivity index (χ4v) is 2.67. The number of hydrogen-bond acceptors (Lipinski definition) is 8. The predicted octanol–water partition coefficient (Wildman–Crippen LogP) is 1.44. The molecule has 9 nitrogen and oxygen atoms in total. The molecule has 3 heterocycles. The highest BCUT2D eigenvalue weighted by molar-refractivity contribution is 5.79. The van der Waals surface area contributed by atoms with Crippen molar-refractivity contribution in [3.05, 3.63) is 60.3 Å². The van der Waals surface area contributed by atoms with Crippen LogP contribution in [-0.2, 0) is 11.4 Å². The summed E-state index contributed by atoms with van der Waals surface area (Å²) >= 11 is 0. The van der Waals surface area contributed by atoms with Crippen LogP contribution in [0.5, 0.6) is 0 Å². The first-order valence-corrected chi connectivity index (χ1v) is 8.43. The molecule has 0 radical (unpaired) electrons. The third-order valence-corrected chi connectivity index (χ3v) is 4.02. The molecule has 1 aromatic carbocycles. The molecule has 0 aliphatic carbocycles. The molecule has 0 amide bonds. The van der Waals surface area contributed by atoms with Gasteiger partial charge in [-0.1, -0.05) is 17.9 Å². The van der Waals surface area contributed by atoms with Crippen molar-refractivity contribution in [2.45, 2.75) is 6.54 Å². The number of aliphatic hydroxyl groups excluding tert-OH is 1. The van der Waals surface area contributed by atoms with Crippen LogP contribution in [0.1, 0.15) is 11.3 Å². The third kappa shape index (κ3) is 3.50. The molecule has 0 aliphatic rings. The fraction of sp³-hybridized carbons (Fsp3) is 0.167. The Balaban J connectivity index is 1.65. The lowest BCUT2D eigenvalue weighted by Crippen LogP contribution is -2.16. The van der Waals surface area contributed by atoms with Crippen LogP contribution in [0.2, 0.25) is 0 Å². The number of nitrogens with zero attached hydrogens (tertiary/aromatic N) is 6. The lowest BCUT2D eigenvalue weighted by molar-refractivity contribution is 0.0480. The number of benzene rings is 1. The molecule has 0 saturated heterocycles. The van der Waals surface area contributed by atoms with Gasteiger partial charge in [0, 0.05) is 23.2 Å². The molecule has 0 aliphatic heterocycles. The first kappa shape index (κ1) is 17.9. The zero-order chi connectivity index (χ0) is 19.5. The maximum Gasteiger partial charge on any atom is 0.221 e. The summed E-state index contributed by atoms with van der Waals surface area (Å²) in [6.45, 7) is 3.91. The number of pyridine rings is 1. The first-order chi connectivity index (χ1) is 13.7. The normalized spacial score (nSPS) is 11.2. The summed E-state index contributed by atoms with van der Waals surface area (Å²) < 4.78 is 16.0. The summed E-state index contributed by atoms with van der Waals surface area (Å²) in [7, 11) is 0. The molecule has 0 unspecified atom stereocenters. The maximum atomic E-state index is 14.5. The topological polar surface area (TPSA) is 111 Å². The van der Waals surface area contributed by atoms with E-state index in [1.165, 1.54) is 16.9 Å². The van der Waals surface area contributed by atoms with Crippen molar-refractivity contribution in [2.24, 2.45) is 0 Å². The molecule has 4 aromatic rings. The van der Waals surface area contributed by atoms with Crippen molar-refractivity contribution < 1.29 is 14.3 Å². The Bertz CT molecular complexity index is 1160. The summed E-state index contributed by atoms with van der Waals surface area (Å²) in [5.74, 6) is -0.387. The van der Waals surface area contributed by atoms with E-state index < -0.39 is 0 Å². The van der Waals surface area contributed by atoms with E-state index in [4.69, 9.17) is 9.94 Å². The van der Waals surface area contributed by atoms with Gasteiger partial charge in [-0.25, -0.2) is 19.0 Å². The Morgan fingerprint density at radius 3 is 3.07 bits per heavy atom. The third-order valence-electron chi connectivity index (χ3n) is 4.02. The average Bonchev–Trinajstić information content (AvgIpc) is 3.10. The van der Waals surface area contributed by atoms with Gasteiger partial charge in [0.15, 0.2) is 5.65 Å². The molecule has 0 saturated carbocycles. The molecule has 0 fully saturated rings. The zero-order valence-corrected chi connectivity index (χ0v) is 14.7. The Morgan fingerprint density at radius 2 is 2.21 bits per heavy atom. The molecule has 3 aromatic heterocycles. The molecule has 4 rings (SSSR count). The average molecular weight is 381 g/mol. The van der Waals surface area contributed by atoms with E-state index in [0.29, 0.717) is 33.8 Å². The quantitative estimate of drug-likeness (QED) is 0.365. The second-order valence-corrected chi connectivity index (χ2v) is 5.94. The standard InChI is InChI=1S/C18H16FN7O2/c1-11(24-28-6-5-27)16-9-21-17-18(22-16)26(25-23-17)10-13-7-12-3-2-4-20-15(12)8-14(13)19/h2-4,7-9,24,27H,1,5-6,10H2. The highest BCUT2D eigenvalue weighted by Gasteiger charge is 2.13. The molecule has 142 valence electrons. The molecule has 28 heavy (non-hydrogen) atoms. The Labute approximate surface area is 158 Å². The Kier molecular flexibility index (Phi) is 4.87. The van der Waals surface area contributed by atoms with Gasteiger partial charge in [-0.15, -0.1) is 5.10 Å². The van der Waals surface area contributed by atoms with Crippen LogP contribution in [0, 0.1) is 5.82 Å². The monoisotopic (exact) mass is 381 g/mol. The number of aliphatic hydroxyl groups is 1. The minimum absolute atomic E-state index is 0.101. The number of halogens is 1. The smallest absolute Gasteiger partial charge is 0.221 e. The van der Waals surface area contributed by atoms with E-state index in [0.717, 1.165) is 5.39 Å². The molecular formula is C18H16FN7O2. The lowest BCUT2D eigenvalue weighted by Gasteiger charge is -2.09. The predicted molar refractivity (Wildman–Crippen MR) is 99.1 cm³/mol. The van der Waals surface area contributed by atoms with Gasteiger partial charge in [0.25, 0.3) is 0 Å². The Hall–Kier alpha value is -3.50. The van der Waals surface area contributed by atoms with Crippen LogP contribution in [0.3, 0.4) is 0 Å². The van der Waals surface area contributed by atoms with E-state index in [9.17, 15) is 4.39 Å². The van der Waals surface area contributed by atoms with Gasteiger partial charge in [0.2, 0.25) is 5.65 Å². The van der Waals surface area contributed by atoms with Gasteiger partial charge in [-0.3, -0.25) is 15.3 Å². The van der Waals surface area contributed by atoms with E-state index in [1.807, 2.05) is 6.07 Å². The van der Waals surface area contributed by atoms with Crippen LogP contribution in [0.15, 0.2) is 43.2 Å². The second kappa shape index (κ2) is 7.62. The summed E-state index contributed by atoms with van der Waals surface area (Å²) in [5.41, 5.74) is 5.08. The molecule has 0 bridgehead atoms. The van der Waals surface area contributed by atoms with E-state index in [1.54, 1.807) is 18.3 Å². The number of rotatable bonds is 7. The minimum atomic E-state index is -0.387. The Morgan fingerprint density at radius 1 is 1.32 bits per heavy atom. The molecular weight excluding hydrogens is 365 g/mol. The first-order valence-electron chi connectivity index (χ1n) is 8.43. The molecule has 0 spiro atoms. The van der Waals surface area contributed by atoms with Crippen LogP contribution in [-0.4, -0.2) is 48.3 Å². The van der Waals surface area contributed by atoms with Crippen LogP contribution in [0.4, 0.5) is 4.39 Å². The highest BCUT2D eigenvalue weighted by Crippen LogP contribution is 2.19. The van der Waals surface area contributed by atoms with Gasteiger partial charge >= 0.3 is 0 Å². The summed E-state index contributed by atoms with van der Waals surface area (Å²) in [6, 6.07) is 6.78. The van der Waals surface area contributed by atoms with E-state index >= 15 is 0 Å². The maximum absolute atomic E-state index is 14.5. The lowest BCUT2D eigenvalue weighted by atomic mass is 10.1.